The summed E-state index contributed by atoms with van der Waals surface area (Å²) in [5, 5.41) is 16.4. The monoisotopic (exact) mass is 365 g/mol. The number of carbonyl (C=O) groups is 1. The van der Waals surface area contributed by atoms with Crippen molar-refractivity contribution in [3.63, 3.8) is 0 Å². The van der Waals surface area contributed by atoms with Gasteiger partial charge in [-0.25, -0.2) is 9.97 Å². The van der Waals surface area contributed by atoms with Crippen molar-refractivity contribution in [2.45, 2.75) is 12.6 Å². The lowest BCUT2D eigenvalue weighted by atomic mass is 10.3. The largest absolute Gasteiger partial charge is 0.421 e. The van der Waals surface area contributed by atoms with Gasteiger partial charge in [0.25, 0.3) is 0 Å². The molecule has 0 aliphatic carbocycles. The number of alkyl halides is 3. The second-order valence-corrected chi connectivity index (χ2v) is 4.97. The van der Waals surface area contributed by atoms with E-state index >= 15 is 0 Å². The highest BCUT2D eigenvalue weighted by Gasteiger charge is 2.35. The first kappa shape index (κ1) is 18.9. The molecule has 0 radical (unpaired) electrons. The molecule has 0 atom stereocenters. The fraction of sp³-hybridized carbons (Fsp3) is 0.267. The van der Waals surface area contributed by atoms with Crippen LogP contribution in [-0.4, -0.2) is 34.5 Å². The molecule has 2 rings (SSSR count). The first-order chi connectivity index (χ1) is 12.4. The lowest BCUT2D eigenvalue weighted by molar-refractivity contribution is -0.137. The molecule has 1 amide bonds. The smallest absolute Gasteiger partial charge is 0.369 e. The summed E-state index contributed by atoms with van der Waals surface area (Å²) in [6, 6.07) is 4.84. The maximum Gasteiger partial charge on any atom is 0.421 e. The van der Waals surface area contributed by atoms with Gasteiger partial charge in [-0.05, 0) is 18.6 Å². The number of pyridine rings is 1. The van der Waals surface area contributed by atoms with Gasteiger partial charge < -0.3 is 16.0 Å². The SMILES string of the molecule is N#Cc1ccc(Nc2ncc(C(F)(F)F)c(NCCCNC=O)n2)cn1. The predicted molar refractivity (Wildman–Crippen MR) is 86.4 cm³/mol. The summed E-state index contributed by atoms with van der Waals surface area (Å²) >= 11 is 0. The van der Waals surface area contributed by atoms with Crippen LogP contribution in [0, 0.1) is 11.3 Å². The van der Waals surface area contributed by atoms with E-state index in [0.717, 1.165) is 0 Å². The van der Waals surface area contributed by atoms with Crippen molar-refractivity contribution in [2.24, 2.45) is 0 Å². The van der Waals surface area contributed by atoms with Crippen LogP contribution in [-0.2, 0) is 11.0 Å². The molecule has 2 aromatic heterocycles. The molecule has 0 fully saturated rings. The molecule has 26 heavy (non-hydrogen) atoms. The Hall–Kier alpha value is -3.42. The second-order valence-electron chi connectivity index (χ2n) is 4.97. The van der Waals surface area contributed by atoms with Gasteiger partial charge in [-0.3, -0.25) is 4.79 Å². The fourth-order valence-corrected chi connectivity index (χ4v) is 1.90. The molecular weight excluding hydrogens is 351 g/mol. The number of hydrogen-bond acceptors (Lipinski definition) is 7. The number of amides is 1. The minimum Gasteiger partial charge on any atom is -0.369 e. The standard InChI is InChI=1S/C15H14F3N7O/c16-15(17,18)12-8-23-14(24-11-3-2-10(6-19)22-7-11)25-13(12)21-5-1-4-20-9-26/h2-3,7-9H,1,4-5H2,(H,20,26)(H2,21,23,24,25). The van der Waals surface area contributed by atoms with Crippen LogP contribution in [0.15, 0.2) is 24.5 Å². The molecule has 0 spiro atoms. The number of halogens is 3. The number of aromatic nitrogens is 3. The summed E-state index contributed by atoms with van der Waals surface area (Å²) in [5.74, 6) is -0.430. The summed E-state index contributed by atoms with van der Waals surface area (Å²) in [7, 11) is 0. The topological polar surface area (TPSA) is 116 Å². The van der Waals surface area contributed by atoms with Crippen LogP contribution in [0.1, 0.15) is 17.7 Å². The van der Waals surface area contributed by atoms with Crippen molar-refractivity contribution in [1.82, 2.24) is 20.3 Å². The van der Waals surface area contributed by atoms with Gasteiger partial charge in [0.15, 0.2) is 0 Å². The van der Waals surface area contributed by atoms with Gasteiger partial charge in [-0.15, -0.1) is 0 Å². The lowest BCUT2D eigenvalue weighted by Gasteiger charge is -2.14. The maximum absolute atomic E-state index is 13.1. The minimum atomic E-state index is -4.61. The molecule has 0 aliphatic heterocycles. The molecule has 2 heterocycles. The average molecular weight is 365 g/mol. The third-order valence-electron chi connectivity index (χ3n) is 3.10. The van der Waals surface area contributed by atoms with Crippen molar-refractivity contribution in [2.75, 3.05) is 23.7 Å². The Morgan fingerprint density at radius 1 is 1.19 bits per heavy atom. The van der Waals surface area contributed by atoms with Crippen LogP contribution in [0.4, 0.5) is 30.6 Å². The van der Waals surface area contributed by atoms with E-state index < -0.39 is 11.7 Å². The fourth-order valence-electron chi connectivity index (χ4n) is 1.90. The Bertz CT molecular complexity index is 787. The van der Waals surface area contributed by atoms with Gasteiger partial charge in [0.1, 0.15) is 23.1 Å². The van der Waals surface area contributed by atoms with E-state index in [2.05, 4.69) is 30.9 Å². The number of nitrogens with one attached hydrogen (secondary N) is 3. The molecule has 136 valence electrons. The van der Waals surface area contributed by atoms with E-state index in [1.807, 2.05) is 6.07 Å². The van der Waals surface area contributed by atoms with E-state index in [1.165, 1.54) is 18.3 Å². The van der Waals surface area contributed by atoms with Crippen LogP contribution >= 0.6 is 0 Å². The molecule has 0 unspecified atom stereocenters. The van der Waals surface area contributed by atoms with Crippen LogP contribution in [0.3, 0.4) is 0 Å². The number of nitriles is 1. The van der Waals surface area contributed by atoms with Crippen molar-refractivity contribution in [3.05, 3.63) is 35.8 Å². The van der Waals surface area contributed by atoms with Crippen LogP contribution in [0.2, 0.25) is 0 Å². The van der Waals surface area contributed by atoms with Crippen molar-refractivity contribution in [1.29, 1.82) is 5.26 Å². The second kappa shape index (κ2) is 8.61. The van der Waals surface area contributed by atoms with Crippen molar-refractivity contribution < 1.29 is 18.0 Å². The van der Waals surface area contributed by atoms with Gasteiger partial charge in [0.2, 0.25) is 12.4 Å². The summed E-state index contributed by atoms with van der Waals surface area (Å²) < 4.78 is 39.2. The minimum absolute atomic E-state index is 0.0574. The van der Waals surface area contributed by atoms with Gasteiger partial charge >= 0.3 is 6.18 Å². The highest BCUT2D eigenvalue weighted by Crippen LogP contribution is 2.34. The quantitative estimate of drug-likeness (QED) is 0.484. The molecule has 0 saturated carbocycles. The Morgan fingerprint density at radius 3 is 2.62 bits per heavy atom. The first-order valence-electron chi connectivity index (χ1n) is 7.42. The van der Waals surface area contributed by atoms with Crippen molar-refractivity contribution in [3.8, 4) is 6.07 Å². The van der Waals surface area contributed by atoms with Crippen LogP contribution in [0.25, 0.3) is 0 Å². The number of anilines is 3. The number of carbonyl (C=O) groups excluding carboxylic acids is 1. The Kier molecular flexibility index (Phi) is 6.26. The van der Waals surface area contributed by atoms with Crippen molar-refractivity contribution >= 4 is 23.9 Å². The molecule has 0 bridgehead atoms. The van der Waals surface area contributed by atoms with Gasteiger partial charge in [0, 0.05) is 19.3 Å². The highest BCUT2D eigenvalue weighted by atomic mass is 19.4. The van der Waals surface area contributed by atoms with Crippen LogP contribution < -0.4 is 16.0 Å². The normalized spacial score (nSPS) is 10.7. The van der Waals surface area contributed by atoms with Gasteiger partial charge in [-0.2, -0.15) is 23.4 Å². The summed E-state index contributed by atoms with van der Waals surface area (Å²) in [4.78, 5) is 21.5. The van der Waals surface area contributed by atoms with E-state index in [0.29, 0.717) is 31.3 Å². The zero-order valence-corrected chi connectivity index (χ0v) is 13.3. The van der Waals surface area contributed by atoms with Crippen LogP contribution in [0.5, 0.6) is 0 Å². The molecule has 8 nitrogen and oxygen atoms in total. The zero-order valence-electron chi connectivity index (χ0n) is 13.3. The van der Waals surface area contributed by atoms with Gasteiger partial charge in [-0.1, -0.05) is 0 Å². The molecule has 0 saturated heterocycles. The van der Waals surface area contributed by atoms with E-state index in [-0.39, 0.29) is 24.0 Å². The maximum atomic E-state index is 13.1. The third kappa shape index (κ3) is 5.30. The summed E-state index contributed by atoms with van der Waals surface area (Å²) in [5.41, 5.74) is -0.371. The molecule has 11 heteroatoms. The summed E-state index contributed by atoms with van der Waals surface area (Å²) in [6.45, 7) is 0.504. The van der Waals surface area contributed by atoms with E-state index in [4.69, 9.17) is 5.26 Å². The zero-order chi connectivity index (χ0) is 19.0. The predicted octanol–water partition coefficient (Wildman–Crippen LogP) is 2.05. The molecule has 2 aromatic rings. The molecule has 0 aromatic carbocycles. The Labute approximate surface area is 146 Å². The first-order valence-corrected chi connectivity index (χ1v) is 7.42. The number of hydrogen-bond donors (Lipinski definition) is 3. The van der Waals surface area contributed by atoms with E-state index in [1.54, 1.807) is 0 Å². The Morgan fingerprint density at radius 2 is 2.00 bits per heavy atom. The third-order valence-corrected chi connectivity index (χ3v) is 3.10. The van der Waals surface area contributed by atoms with E-state index in [9.17, 15) is 18.0 Å². The Balaban J connectivity index is 2.15. The lowest BCUT2D eigenvalue weighted by Crippen LogP contribution is -2.18. The number of rotatable bonds is 8. The summed E-state index contributed by atoms with van der Waals surface area (Å²) in [6.07, 6.45) is -1.66. The molecule has 0 aliphatic rings. The number of nitrogens with zero attached hydrogens (tertiary/aromatic N) is 4. The molecular formula is C15H14F3N7O. The average Bonchev–Trinajstić information content (AvgIpc) is 2.61. The highest BCUT2D eigenvalue weighted by molar-refractivity contribution is 5.56. The molecule has 3 N–H and O–H groups in total. The van der Waals surface area contributed by atoms with Gasteiger partial charge in [0.05, 0.1) is 11.9 Å².